The van der Waals surface area contributed by atoms with Gasteiger partial charge < -0.3 is 9.64 Å². The van der Waals surface area contributed by atoms with Crippen LogP contribution in [0.1, 0.15) is 36.8 Å². The molecule has 2 aromatic rings. The number of unbranched alkanes of at least 4 members (excludes halogenated alkanes) is 2. The van der Waals surface area contributed by atoms with E-state index in [1.807, 2.05) is 67.7 Å². The summed E-state index contributed by atoms with van der Waals surface area (Å²) in [6, 6.07) is 17.5. The van der Waals surface area contributed by atoms with Gasteiger partial charge in [-0.2, -0.15) is 0 Å². The van der Waals surface area contributed by atoms with Crippen LogP contribution in [0.15, 0.2) is 59.5 Å². The van der Waals surface area contributed by atoms with Crippen molar-refractivity contribution >= 4 is 46.2 Å². The molecule has 7 heteroatoms. The molecule has 1 heterocycles. The van der Waals surface area contributed by atoms with Gasteiger partial charge in [-0.1, -0.05) is 72.9 Å². The van der Waals surface area contributed by atoms with Gasteiger partial charge in [0.25, 0.3) is 5.91 Å². The van der Waals surface area contributed by atoms with Crippen LogP contribution in [0.5, 0.6) is 5.75 Å². The molecule has 2 aromatic carbocycles. The third-order valence-corrected chi connectivity index (χ3v) is 6.63. The SMILES string of the molecule is COc1ccc(C=C2SC(=S)N(CCCCCC(=O)N(C)Cc3ccccc3)C2=O)cc1. The number of carbonyl (C=O) groups excluding carboxylic acids is 2. The monoisotopic (exact) mass is 468 g/mol. The second-order valence-corrected chi connectivity index (χ2v) is 9.33. The quantitative estimate of drug-likeness (QED) is 0.275. The van der Waals surface area contributed by atoms with Crippen molar-refractivity contribution in [2.24, 2.45) is 0 Å². The molecule has 32 heavy (non-hydrogen) atoms. The molecule has 0 saturated carbocycles. The summed E-state index contributed by atoms with van der Waals surface area (Å²) in [5.41, 5.74) is 2.06. The first-order valence-electron chi connectivity index (χ1n) is 10.6. The molecular weight excluding hydrogens is 440 g/mol. The number of amides is 2. The highest BCUT2D eigenvalue weighted by Gasteiger charge is 2.31. The molecule has 0 N–H and O–H groups in total. The Balaban J connectivity index is 1.40. The van der Waals surface area contributed by atoms with Gasteiger partial charge in [0.2, 0.25) is 5.91 Å². The fraction of sp³-hybridized carbons (Fsp3) is 0.320. The number of benzene rings is 2. The molecule has 168 valence electrons. The highest BCUT2D eigenvalue weighted by Crippen LogP contribution is 2.33. The molecule has 0 atom stereocenters. The molecule has 1 aliphatic heterocycles. The molecule has 5 nitrogen and oxygen atoms in total. The van der Waals surface area contributed by atoms with E-state index in [2.05, 4.69) is 0 Å². The van der Waals surface area contributed by atoms with Crippen molar-refractivity contribution in [3.8, 4) is 5.75 Å². The smallest absolute Gasteiger partial charge is 0.266 e. The second-order valence-electron chi connectivity index (χ2n) is 7.65. The highest BCUT2D eigenvalue weighted by atomic mass is 32.2. The molecule has 1 aliphatic rings. The standard InChI is InChI=1S/C25H28N2O3S2/c1-26(18-20-9-5-3-6-10-20)23(28)11-7-4-8-16-27-24(29)22(32-25(27)31)17-19-12-14-21(30-2)15-13-19/h3,5-6,9-10,12-15,17H,4,7-8,11,16,18H2,1-2H3. The highest BCUT2D eigenvalue weighted by molar-refractivity contribution is 8.26. The number of hydrogen-bond acceptors (Lipinski definition) is 5. The van der Waals surface area contributed by atoms with Gasteiger partial charge in [0.05, 0.1) is 12.0 Å². The van der Waals surface area contributed by atoms with Crippen LogP contribution in [-0.2, 0) is 16.1 Å². The second kappa shape index (κ2) is 11.8. The number of ether oxygens (including phenoxy) is 1. The summed E-state index contributed by atoms with van der Waals surface area (Å²) in [4.78, 5) is 29.2. The summed E-state index contributed by atoms with van der Waals surface area (Å²) in [5.74, 6) is 0.871. The Bertz CT molecular complexity index is 974. The lowest BCUT2D eigenvalue weighted by atomic mass is 10.1. The summed E-state index contributed by atoms with van der Waals surface area (Å²) >= 11 is 6.75. The Kier molecular flexibility index (Phi) is 8.88. The Morgan fingerprint density at radius 1 is 1.09 bits per heavy atom. The minimum absolute atomic E-state index is 0.0468. The zero-order valence-corrected chi connectivity index (χ0v) is 20.1. The van der Waals surface area contributed by atoms with Crippen LogP contribution in [0.4, 0.5) is 0 Å². The van der Waals surface area contributed by atoms with Crippen molar-refractivity contribution < 1.29 is 14.3 Å². The Labute approximate surface area is 199 Å². The molecule has 0 aliphatic carbocycles. The number of rotatable bonds is 10. The molecule has 0 unspecified atom stereocenters. The number of thioether (sulfide) groups is 1. The topological polar surface area (TPSA) is 49.9 Å². The van der Waals surface area contributed by atoms with Crippen LogP contribution in [0.2, 0.25) is 0 Å². The Morgan fingerprint density at radius 3 is 2.50 bits per heavy atom. The van der Waals surface area contributed by atoms with Gasteiger partial charge in [-0.25, -0.2) is 0 Å². The number of carbonyl (C=O) groups is 2. The first-order chi connectivity index (χ1) is 15.5. The number of methoxy groups -OCH3 is 1. The minimum atomic E-state index is -0.0468. The predicted octanol–water partition coefficient (Wildman–Crippen LogP) is 5.12. The average molecular weight is 469 g/mol. The van der Waals surface area contributed by atoms with E-state index in [4.69, 9.17) is 17.0 Å². The number of hydrogen-bond donors (Lipinski definition) is 0. The maximum Gasteiger partial charge on any atom is 0.266 e. The van der Waals surface area contributed by atoms with Gasteiger partial charge in [0, 0.05) is 26.6 Å². The molecule has 0 bridgehead atoms. The molecule has 0 radical (unpaired) electrons. The van der Waals surface area contributed by atoms with Crippen LogP contribution in [0.25, 0.3) is 6.08 Å². The Morgan fingerprint density at radius 2 is 1.81 bits per heavy atom. The molecule has 1 saturated heterocycles. The fourth-order valence-corrected chi connectivity index (χ4v) is 4.71. The van der Waals surface area contributed by atoms with Crippen LogP contribution in [-0.4, -0.2) is 46.6 Å². The van der Waals surface area contributed by atoms with Gasteiger partial charge in [-0.15, -0.1) is 0 Å². The number of thiocarbonyl (C=S) groups is 1. The van der Waals surface area contributed by atoms with Crippen LogP contribution < -0.4 is 4.74 Å². The summed E-state index contributed by atoms with van der Waals surface area (Å²) in [6.45, 7) is 1.20. The Hall–Kier alpha value is -2.64. The zero-order chi connectivity index (χ0) is 22.9. The fourth-order valence-electron chi connectivity index (χ4n) is 3.40. The lowest BCUT2D eigenvalue weighted by Gasteiger charge is -2.17. The number of nitrogens with zero attached hydrogens (tertiary/aromatic N) is 2. The van der Waals surface area contributed by atoms with Gasteiger partial charge in [-0.3, -0.25) is 14.5 Å². The van der Waals surface area contributed by atoms with Crippen molar-refractivity contribution in [1.82, 2.24) is 9.80 Å². The maximum atomic E-state index is 12.7. The van der Waals surface area contributed by atoms with E-state index in [-0.39, 0.29) is 11.8 Å². The molecule has 1 fully saturated rings. The van der Waals surface area contributed by atoms with Gasteiger partial charge in [0.1, 0.15) is 10.1 Å². The van der Waals surface area contributed by atoms with Crippen molar-refractivity contribution in [2.75, 3.05) is 20.7 Å². The van der Waals surface area contributed by atoms with E-state index in [1.165, 1.54) is 11.8 Å². The summed E-state index contributed by atoms with van der Waals surface area (Å²) < 4.78 is 5.76. The third kappa shape index (κ3) is 6.68. The lowest BCUT2D eigenvalue weighted by molar-refractivity contribution is -0.130. The summed E-state index contributed by atoms with van der Waals surface area (Å²) in [6.07, 6.45) is 4.87. The molecular formula is C25H28N2O3S2. The van der Waals surface area contributed by atoms with Crippen LogP contribution >= 0.6 is 24.0 Å². The largest absolute Gasteiger partial charge is 0.497 e. The van der Waals surface area contributed by atoms with Crippen molar-refractivity contribution in [3.05, 3.63) is 70.6 Å². The normalized spacial score (nSPS) is 14.8. The van der Waals surface area contributed by atoms with E-state index in [9.17, 15) is 9.59 Å². The van der Waals surface area contributed by atoms with Gasteiger partial charge >= 0.3 is 0 Å². The summed E-state index contributed by atoms with van der Waals surface area (Å²) in [7, 11) is 3.46. The molecule has 0 spiro atoms. The maximum absolute atomic E-state index is 12.7. The van der Waals surface area contributed by atoms with E-state index in [0.29, 0.717) is 28.7 Å². The first-order valence-corrected chi connectivity index (χ1v) is 11.9. The third-order valence-electron chi connectivity index (χ3n) is 5.25. The van der Waals surface area contributed by atoms with Crippen molar-refractivity contribution in [1.29, 1.82) is 0 Å². The van der Waals surface area contributed by atoms with Crippen LogP contribution in [0.3, 0.4) is 0 Å². The molecule has 2 amide bonds. The first kappa shape index (κ1) is 24.0. The van der Waals surface area contributed by atoms with Gasteiger partial charge in [-0.05, 0) is 42.2 Å². The van der Waals surface area contributed by atoms with Crippen molar-refractivity contribution in [3.63, 3.8) is 0 Å². The molecule has 0 aromatic heterocycles. The predicted molar refractivity (Wildman–Crippen MR) is 134 cm³/mol. The zero-order valence-electron chi connectivity index (χ0n) is 18.5. The average Bonchev–Trinajstić information content (AvgIpc) is 3.07. The van der Waals surface area contributed by atoms with Crippen molar-refractivity contribution in [2.45, 2.75) is 32.2 Å². The van der Waals surface area contributed by atoms with Crippen LogP contribution in [0, 0.1) is 0 Å². The lowest BCUT2D eigenvalue weighted by Crippen LogP contribution is -2.29. The molecule has 3 rings (SSSR count). The minimum Gasteiger partial charge on any atom is -0.497 e. The van der Waals surface area contributed by atoms with Gasteiger partial charge in [0.15, 0.2) is 0 Å². The summed E-state index contributed by atoms with van der Waals surface area (Å²) in [5, 5.41) is 0. The van der Waals surface area contributed by atoms with E-state index < -0.39 is 0 Å². The van der Waals surface area contributed by atoms with E-state index in [1.54, 1.807) is 16.9 Å². The van der Waals surface area contributed by atoms with E-state index >= 15 is 0 Å². The van der Waals surface area contributed by atoms with E-state index in [0.717, 1.165) is 36.1 Å².